The maximum atomic E-state index is 13.1. The SMILES string of the molecule is O=C(c1ccc(F)cc1)N1C[C@@H](OCC2CC2)[C@H]2OCCC[C@H]21. The minimum Gasteiger partial charge on any atom is -0.373 e. The van der Waals surface area contributed by atoms with Gasteiger partial charge in [0.25, 0.3) is 5.91 Å². The third-order valence-corrected chi connectivity index (χ3v) is 5.07. The largest absolute Gasteiger partial charge is 0.373 e. The molecule has 1 amide bonds. The molecule has 0 spiro atoms. The summed E-state index contributed by atoms with van der Waals surface area (Å²) < 4.78 is 25.1. The summed E-state index contributed by atoms with van der Waals surface area (Å²) in [4.78, 5) is 14.7. The maximum absolute atomic E-state index is 13.1. The first-order valence-corrected chi connectivity index (χ1v) is 8.52. The van der Waals surface area contributed by atoms with Crippen LogP contribution in [0.4, 0.5) is 4.39 Å². The van der Waals surface area contributed by atoms with E-state index in [4.69, 9.17) is 9.47 Å². The lowest BCUT2D eigenvalue weighted by atomic mass is 10.0. The van der Waals surface area contributed by atoms with Gasteiger partial charge in [0.05, 0.1) is 12.6 Å². The number of nitrogens with zero attached hydrogens (tertiary/aromatic N) is 1. The van der Waals surface area contributed by atoms with Gasteiger partial charge in [0.15, 0.2) is 0 Å². The van der Waals surface area contributed by atoms with Crippen LogP contribution >= 0.6 is 0 Å². The van der Waals surface area contributed by atoms with Crippen LogP contribution in [-0.4, -0.2) is 48.8 Å². The molecule has 2 saturated heterocycles. The number of benzene rings is 1. The van der Waals surface area contributed by atoms with Crippen molar-refractivity contribution < 1.29 is 18.7 Å². The van der Waals surface area contributed by atoms with Gasteiger partial charge in [0, 0.05) is 18.8 Å². The van der Waals surface area contributed by atoms with Crippen molar-refractivity contribution >= 4 is 5.91 Å². The predicted molar refractivity (Wildman–Crippen MR) is 82.7 cm³/mol. The number of likely N-dealkylation sites (tertiary alicyclic amines) is 1. The van der Waals surface area contributed by atoms with E-state index in [2.05, 4.69) is 0 Å². The molecule has 4 rings (SSSR count). The molecule has 0 unspecified atom stereocenters. The zero-order valence-electron chi connectivity index (χ0n) is 13.1. The molecule has 3 fully saturated rings. The van der Waals surface area contributed by atoms with Crippen molar-refractivity contribution in [3.05, 3.63) is 35.6 Å². The summed E-state index contributed by atoms with van der Waals surface area (Å²) in [5.74, 6) is 0.314. The molecule has 5 heteroatoms. The molecule has 1 aromatic carbocycles. The molecule has 1 saturated carbocycles. The third kappa shape index (κ3) is 3.12. The number of ether oxygens (including phenoxy) is 2. The van der Waals surface area contributed by atoms with Crippen LogP contribution in [0.25, 0.3) is 0 Å². The molecule has 23 heavy (non-hydrogen) atoms. The normalized spacial score (nSPS) is 30.3. The van der Waals surface area contributed by atoms with Crippen molar-refractivity contribution in [3.8, 4) is 0 Å². The van der Waals surface area contributed by atoms with E-state index in [0.29, 0.717) is 18.0 Å². The Kier molecular flexibility index (Phi) is 4.07. The molecule has 4 nitrogen and oxygen atoms in total. The lowest BCUT2D eigenvalue weighted by Crippen LogP contribution is -2.44. The first-order valence-electron chi connectivity index (χ1n) is 8.52. The second-order valence-electron chi connectivity index (χ2n) is 6.82. The molecule has 0 radical (unpaired) electrons. The third-order valence-electron chi connectivity index (χ3n) is 5.07. The van der Waals surface area contributed by atoms with Crippen molar-refractivity contribution in [2.45, 2.75) is 43.9 Å². The van der Waals surface area contributed by atoms with Gasteiger partial charge >= 0.3 is 0 Å². The van der Waals surface area contributed by atoms with Gasteiger partial charge in [0.1, 0.15) is 18.0 Å². The summed E-state index contributed by atoms with van der Waals surface area (Å²) in [6, 6.07) is 5.84. The highest BCUT2D eigenvalue weighted by Crippen LogP contribution is 2.34. The van der Waals surface area contributed by atoms with E-state index in [0.717, 1.165) is 26.1 Å². The first-order chi connectivity index (χ1) is 11.2. The Labute approximate surface area is 135 Å². The summed E-state index contributed by atoms with van der Waals surface area (Å²) in [7, 11) is 0. The Morgan fingerprint density at radius 1 is 1.26 bits per heavy atom. The van der Waals surface area contributed by atoms with Crippen molar-refractivity contribution in [2.75, 3.05) is 19.8 Å². The minimum absolute atomic E-state index is 0.0214. The van der Waals surface area contributed by atoms with Gasteiger partial charge in [-0.15, -0.1) is 0 Å². The predicted octanol–water partition coefficient (Wildman–Crippen LogP) is 2.62. The Hall–Kier alpha value is -1.46. The average molecular weight is 319 g/mol. The Bertz CT molecular complexity index is 572. The molecule has 0 N–H and O–H groups in total. The van der Waals surface area contributed by atoms with Crippen LogP contribution < -0.4 is 0 Å². The fourth-order valence-electron chi connectivity index (χ4n) is 3.59. The van der Waals surface area contributed by atoms with Crippen LogP contribution in [0.3, 0.4) is 0 Å². The molecule has 124 valence electrons. The van der Waals surface area contributed by atoms with Crippen molar-refractivity contribution in [3.63, 3.8) is 0 Å². The second-order valence-corrected chi connectivity index (χ2v) is 6.82. The van der Waals surface area contributed by atoms with E-state index in [1.807, 2.05) is 4.90 Å². The highest BCUT2D eigenvalue weighted by molar-refractivity contribution is 5.94. The van der Waals surface area contributed by atoms with Crippen LogP contribution in [0.15, 0.2) is 24.3 Å². The van der Waals surface area contributed by atoms with Crippen LogP contribution in [-0.2, 0) is 9.47 Å². The number of carbonyl (C=O) groups is 1. The zero-order chi connectivity index (χ0) is 15.8. The molecule has 3 aliphatic rings. The van der Waals surface area contributed by atoms with Crippen molar-refractivity contribution in [1.29, 1.82) is 0 Å². The molecule has 2 heterocycles. The number of rotatable bonds is 4. The minimum atomic E-state index is -0.326. The van der Waals surface area contributed by atoms with Crippen LogP contribution in [0, 0.1) is 11.7 Å². The number of hydrogen-bond donors (Lipinski definition) is 0. The van der Waals surface area contributed by atoms with Crippen LogP contribution in [0.5, 0.6) is 0 Å². The Balaban J connectivity index is 1.49. The molecule has 2 aliphatic heterocycles. The van der Waals surface area contributed by atoms with E-state index in [1.54, 1.807) is 12.1 Å². The summed E-state index contributed by atoms with van der Waals surface area (Å²) in [5.41, 5.74) is 0.526. The van der Waals surface area contributed by atoms with Gasteiger partial charge in [0.2, 0.25) is 0 Å². The fourth-order valence-corrected chi connectivity index (χ4v) is 3.59. The van der Waals surface area contributed by atoms with E-state index < -0.39 is 0 Å². The standard InChI is InChI=1S/C18H22FNO3/c19-14-7-5-13(6-8-14)18(21)20-10-16(23-11-12-3-4-12)17-15(20)2-1-9-22-17/h5-8,12,15-17H,1-4,9-11H2/t15-,16-,17+/m1/s1. The number of halogens is 1. The first kappa shape index (κ1) is 15.1. The molecule has 0 aromatic heterocycles. The molecule has 3 atom stereocenters. The van der Waals surface area contributed by atoms with Gasteiger partial charge in [-0.25, -0.2) is 4.39 Å². The molecule has 1 aliphatic carbocycles. The molecule has 0 bridgehead atoms. The number of amides is 1. The number of fused-ring (bicyclic) bond motifs is 1. The highest BCUT2D eigenvalue weighted by Gasteiger charge is 2.47. The number of hydrogen-bond acceptors (Lipinski definition) is 3. The monoisotopic (exact) mass is 319 g/mol. The highest BCUT2D eigenvalue weighted by atomic mass is 19.1. The van der Waals surface area contributed by atoms with Crippen LogP contribution in [0.1, 0.15) is 36.0 Å². The lowest BCUT2D eigenvalue weighted by molar-refractivity contribution is -0.0781. The van der Waals surface area contributed by atoms with E-state index in [1.165, 1.54) is 25.0 Å². The summed E-state index contributed by atoms with van der Waals surface area (Å²) in [6.45, 7) is 2.08. The Morgan fingerprint density at radius 3 is 2.78 bits per heavy atom. The summed E-state index contributed by atoms with van der Waals surface area (Å²) in [6.07, 6.45) is 4.35. The van der Waals surface area contributed by atoms with Gasteiger partial charge in [-0.2, -0.15) is 0 Å². The van der Waals surface area contributed by atoms with E-state index in [9.17, 15) is 9.18 Å². The zero-order valence-corrected chi connectivity index (χ0v) is 13.1. The van der Waals surface area contributed by atoms with Gasteiger partial charge in [-0.3, -0.25) is 4.79 Å². The lowest BCUT2D eigenvalue weighted by Gasteiger charge is -2.32. The van der Waals surface area contributed by atoms with E-state index in [-0.39, 0.29) is 30.0 Å². The van der Waals surface area contributed by atoms with Crippen molar-refractivity contribution in [2.24, 2.45) is 5.92 Å². The average Bonchev–Trinajstić information content (AvgIpc) is 3.33. The van der Waals surface area contributed by atoms with E-state index >= 15 is 0 Å². The Morgan fingerprint density at radius 2 is 2.04 bits per heavy atom. The van der Waals surface area contributed by atoms with Crippen LogP contribution in [0.2, 0.25) is 0 Å². The van der Waals surface area contributed by atoms with Crippen molar-refractivity contribution in [1.82, 2.24) is 4.90 Å². The molecular formula is C18H22FNO3. The van der Waals surface area contributed by atoms with Gasteiger partial charge in [-0.05, 0) is 55.9 Å². The topological polar surface area (TPSA) is 38.8 Å². The van der Waals surface area contributed by atoms with Gasteiger partial charge < -0.3 is 14.4 Å². The second kappa shape index (κ2) is 6.21. The summed E-state index contributed by atoms with van der Waals surface area (Å²) >= 11 is 0. The smallest absolute Gasteiger partial charge is 0.254 e. The van der Waals surface area contributed by atoms with Gasteiger partial charge in [-0.1, -0.05) is 0 Å². The number of carbonyl (C=O) groups excluding carboxylic acids is 1. The maximum Gasteiger partial charge on any atom is 0.254 e. The molecular weight excluding hydrogens is 297 g/mol. The fraction of sp³-hybridized carbons (Fsp3) is 0.611. The summed E-state index contributed by atoms with van der Waals surface area (Å²) in [5, 5.41) is 0. The quantitative estimate of drug-likeness (QED) is 0.856. The molecule has 1 aromatic rings.